The number of allylic oxidation sites excluding steroid dienone is 2. The van der Waals surface area contributed by atoms with Crippen molar-refractivity contribution in [2.45, 2.75) is 38.8 Å². The van der Waals surface area contributed by atoms with Gasteiger partial charge in [0.05, 0.1) is 0 Å². The first-order chi connectivity index (χ1) is 4.86. The first-order valence-corrected chi connectivity index (χ1v) is 5.94. The highest BCUT2D eigenvalue weighted by molar-refractivity contribution is 7.70. The van der Waals surface area contributed by atoms with Crippen molar-refractivity contribution in [1.29, 1.82) is 0 Å². The smallest absolute Gasteiger partial charge is 0.00921 e. The molecule has 0 N–H and O–H groups in total. The molecule has 0 aromatic rings. The second-order valence-electron chi connectivity index (χ2n) is 3.27. The summed E-state index contributed by atoms with van der Waals surface area (Å²) in [5, 5.41) is 1.89. The molecule has 2 aliphatic rings. The second-order valence-corrected chi connectivity index (χ2v) is 5.84. The fourth-order valence-electron chi connectivity index (χ4n) is 2.09. The van der Waals surface area contributed by atoms with E-state index in [1.165, 1.54) is 24.9 Å². The zero-order chi connectivity index (χ0) is 7.14. The maximum atomic E-state index is 2.33. The van der Waals surface area contributed by atoms with Gasteiger partial charge < -0.3 is 0 Å². The monoisotopic (exact) mass is 154 g/mol. The van der Waals surface area contributed by atoms with Crippen molar-refractivity contribution >= 4 is 7.92 Å². The normalized spacial score (nSPS) is 36.6. The van der Waals surface area contributed by atoms with Gasteiger partial charge in [-0.2, -0.15) is 0 Å². The molecule has 2 heterocycles. The third-order valence-electron chi connectivity index (χ3n) is 2.71. The van der Waals surface area contributed by atoms with Crippen LogP contribution in [0.3, 0.4) is 0 Å². The Morgan fingerprint density at radius 3 is 2.70 bits per heavy atom. The first-order valence-electron chi connectivity index (χ1n) is 4.34. The van der Waals surface area contributed by atoms with Gasteiger partial charge in [-0.05, 0) is 36.4 Å². The molecule has 0 amide bonds. The van der Waals surface area contributed by atoms with Crippen LogP contribution in [0.15, 0.2) is 10.9 Å². The van der Waals surface area contributed by atoms with E-state index in [0.717, 1.165) is 0 Å². The lowest BCUT2D eigenvalue weighted by Gasteiger charge is -2.03. The van der Waals surface area contributed by atoms with E-state index in [4.69, 9.17) is 0 Å². The van der Waals surface area contributed by atoms with Gasteiger partial charge in [0.2, 0.25) is 0 Å². The van der Waals surface area contributed by atoms with Crippen molar-refractivity contribution in [3.05, 3.63) is 10.9 Å². The molecular formula is C9H15P. The molecule has 2 atom stereocenters. The number of hydrogen-bond donors (Lipinski definition) is 0. The van der Waals surface area contributed by atoms with Crippen LogP contribution in [-0.2, 0) is 0 Å². The Balaban J connectivity index is 2.18. The molecule has 56 valence electrons. The molecule has 0 spiro atoms. The average molecular weight is 154 g/mol. The van der Waals surface area contributed by atoms with Crippen LogP contribution in [0.5, 0.6) is 0 Å². The van der Waals surface area contributed by atoms with Gasteiger partial charge in [-0.25, -0.2) is 0 Å². The molecule has 10 heavy (non-hydrogen) atoms. The van der Waals surface area contributed by atoms with Crippen LogP contribution in [0, 0.1) is 0 Å². The van der Waals surface area contributed by atoms with Crippen molar-refractivity contribution in [3.63, 3.8) is 0 Å². The number of rotatable bonds is 2. The summed E-state index contributed by atoms with van der Waals surface area (Å²) in [5.41, 5.74) is 2.99. The van der Waals surface area contributed by atoms with Crippen LogP contribution >= 0.6 is 7.92 Å². The van der Waals surface area contributed by atoms with Crippen LogP contribution in [0.4, 0.5) is 0 Å². The van der Waals surface area contributed by atoms with E-state index in [-0.39, 0.29) is 0 Å². The van der Waals surface area contributed by atoms with E-state index in [0.29, 0.717) is 7.92 Å². The van der Waals surface area contributed by atoms with Gasteiger partial charge in [-0.3, -0.25) is 0 Å². The molecule has 0 saturated carbocycles. The maximum absolute atomic E-state index is 2.33. The first kappa shape index (κ1) is 6.85. The summed E-state index contributed by atoms with van der Waals surface area (Å²) in [4.78, 5) is 0. The van der Waals surface area contributed by atoms with Crippen LogP contribution in [0.2, 0.25) is 0 Å². The molecule has 1 heteroatoms. The summed E-state index contributed by atoms with van der Waals surface area (Å²) in [5.74, 6) is 0. The van der Waals surface area contributed by atoms with E-state index < -0.39 is 0 Å². The second kappa shape index (κ2) is 2.34. The summed E-state index contributed by atoms with van der Waals surface area (Å²) < 4.78 is 0. The maximum Gasteiger partial charge on any atom is -0.00921 e. The SMILES string of the molecule is CCC1=C(CC)P2CC2C1. The van der Waals surface area contributed by atoms with Crippen molar-refractivity contribution in [3.8, 4) is 0 Å². The van der Waals surface area contributed by atoms with Gasteiger partial charge in [0.1, 0.15) is 0 Å². The number of fused-ring (bicyclic) bond motifs is 1. The fourth-order valence-corrected chi connectivity index (χ4v) is 4.99. The van der Waals surface area contributed by atoms with Gasteiger partial charge in [0, 0.05) is 0 Å². The van der Waals surface area contributed by atoms with Gasteiger partial charge in [-0.1, -0.05) is 27.3 Å². The standard InChI is InChI=1S/C9H15P/c1-3-7-5-8-6-10(8)9(7)4-2/h8H,3-6H2,1-2H3. The summed E-state index contributed by atoms with van der Waals surface area (Å²) in [6, 6.07) is 0. The van der Waals surface area contributed by atoms with Crippen LogP contribution < -0.4 is 0 Å². The van der Waals surface area contributed by atoms with Crippen LogP contribution in [-0.4, -0.2) is 11.8 Å². The lowest BCUT2D eigenvalue weighted by Crippen LogP contribution is -1.86. The van der Waals surface area contributed by atoms with E-state index in [9.17, 15) is 0 Å². The minimum absolute atomic E-state index is 0.473. The third-order valence-corrected chi connectivity index (χ3v) is 5.65. The largest absolute Gasteiger partial charge is 0.0753 e. The highest BCUT2D eigenvalue weighted by Crippen LogP contribution is 2.73. The highest BCUT2D eigenvalue weighted by Gasteiger charge is 2.44. The Morgan fingerprint density at radius 2 is 2.20 bits per heavy atom. The van der Waals surface area contributed by atoms with E-state index >= 15 is 0 Å². The van der Waals surface area contributed by atoms with Gasteiger partial charge in [0.15, 0.2) is 0 Å². The van der Waals surface area contributed by atoms with Gasteiger partial charge in [0.25, 0.3) is 0 Å². The Hall–Kier alpha value is 0.170. The summed E-state index contributed by atoms with van der Waals surface area (Å²) in [6.45, 7) is 4.64. The minimum atomic E-state index is 0.473. The molecule has 2 unspecified atom stereocenters. The highest BCUT2D eigenvalue weighted by atomic mass is 31.1. The summed E-state index contributed by atoms with van der Waals surface area (Å²) in [6.07, 6.45) is 5.75. The van der Waals surface area contributed by atoms with Gasteiger partial charge >= 0.3 is 0 Å². The Bertz CT molecular complexity index is 181. The molecule has 1 fully saturated rings. The van der Waals surface area contributed by atoms with E-state index in [1.807, 2.05) is 10.9 Å². The third kappa shape index (κ3) is 0.855. The van der Waals surface area contributed by atoms with Gasteiger partial charge in [-0.15, -0.1) is 0 Å². The minimum Gasteiger partial charge on any atom is -0.0753 e. The number of hydrogen-bond acceptors (Lipinski definition) is 0. The molecule has 2 rings (SSSR count). The van der Waals surface area contributed by atoms with Crippen molar-refractivity contribution in [1.82, 2.24) is 0 Å². The Labute approximate surface area is 64.5 Å². The van der Waals surface area contributed by atoms with Crippen molar-refractivity contribution < 1.29 is 0 Å². The lowest BCUT2D eigenvalue weighted by atomic mass is 10.1. The van der Waals surface area contributed by atoms with Crippen molar-refractivity contribution in [2.75, 3.05) is 6.16 Å². The average Bonchev–Trinajstić information content (AvgIpc) is 2.63. The molecule has 0 aromatic carbocycles. The molecule has 0 aliphatic carbocycles. The van der Waals surface area contributed by atoms with Crippen LogP contribution in [0.1, 0.15) is 33.1 Å². The molecule has 0 aromatic heterocycles. The zero-order valence-electron chi connectivity index (χ0n) is 6.85. The predicted molar refractivity (Wildman–Crippen MR) is 47.8 cm³/mol. The van der Waals surface area contributed by atoms with Crippen LogP contribution in [0.25, 0.3) is 0 Å². The molecule has 2 aliphatic heterocycles. The van der Waals surface area contributed by atoms with E-state index in [1.54, 1.807) is 6.16 Å². The molecule has 1 saturated heterocycles. The predicted octanol–water partition coefficient (Wildman–Crippen LogP) is 3.33. The Kier molecular flexibility index (Phi) is 1.60. The Morgan fingerprint density at radius 1 is 1.40 bits per heavy atom. The fraction of sp³-hybridized carbons (Fsp3) is 0.778. The molecule has 0 radical (unpaired) electrons. The zero-order valence-corrected chi connectivity index (χ0v) is 7.75. The van der Waals surface area contributed by atoms with Crippen molar-refractivity contribution in [2.24, 2.45) is 0 Å². The van der Waals surface area contributed by atoms with E-state index in [2.05, 4.69) is 13.8 Å². The molecule has 0 nitrogen and oxygen atoms in total. The summed E-state index contributed by atoms with van der Waals surface area (Å²) in [7, 11) is 0.473. The lowest BCUT2D eigenvalue weighted by molar-refractivity contribution is 0.913. The summed E-state index contributed by atoms with van der Waals surface area (Å²) >= 11 is 0. The molecule has 0 bridgehead atoms. The molecular weight excluding hydrogens is 139 g/mol. The quantitative estimate of drug-likeness (QED) is 0.535. The topological polar surface area (TPSA) is 0 Å².